The number of thiazole rings is 1. The van der Waals surface area contributed by atoms with Crippen LogP contribution in [-0.2, 0) is 6.42 Å². The van der Waals surface area contributed by atoms with Crippen LogP contribution in [0, 0.1) is 6.92 Å². The summed E-state index contributed by atoms with van der Waals surface area (Å²) in [6.45, 7) is 6.60. The molecule has 0 fully saturated rings. The van der Waals surface area contributed by atoms with E-state index in [4.69, 9.17) is 0 Å². The van der Waals surface area contributed by atoms with Crippen molar-refractivity contribution in [3.8, 4) is 16.3 Å². The van der Waals surface area contributed by atoms with Gasteiger partial charge in [0.1, 0.15) is 15.6 Å². The average molecular weight is 438 g/mol. The van der Waals surface area contributed by atoms with Crippen molar-refractivity contribution in [2.24, 2.45) is 0 Å². The number of nitrogens with one attached hydrogen (secondary N) is 1. The highest BCUT2D eigenvalue weighted by Crippen LogP contribution is 2.31. The van der Waals surface area contributed by atoms with Crippen molar-refractivity contribution in [1.29, 1.82) is 0 Å². The lowest BCUT2D eigenvalue weighted by molar-refractivity contribution is 0.0953. The van der Waals surface area contributed by atoms with Gasteiger partial charge in [-0.25, -0.2) is 4.98 Å². The van der Waals surface area contributed by atoms with E-state index in [1.165, 1.54) is 11.3 Å². The Bertz CT molecular complexity index is 1020. The molecule has 0 bridgehead atoms. The molecule has 0 saturated carbocycles. The molecule has 31 heavy (non-hydrogen) atoms. The fourth-order valence-electron chi connectivity index (χ4n) is 3.67. The number of pyridine rings is 1. The summed E-state index contributed by atoms with van der Waals surface area (Å²) in [5.74, 6) is 0.262. The van der Waals surface area contributed by atoms with Gasteiger partial charge < -0.3 is 10.4 Å². The maximum absolute atomic E-state index is 13.0. The minimum absolute atomic E-state index is 0.0803. The first-order chi connectivity index (χ1) is 15.0. The highest BCUT2D eigenvalue weighted by atomic mass is 32.1. The summed E-state index contributed by atoms with van der Waals surface area (Å²) in [5, 5.41) is 14.2. The van der Waals surface area contributed by atoms with Gasteiger partial charge in [-0.3, -0.25) is 9.78 Å². The van der Waals surface area contributed by atoms with Gasteiger partial charge in [0.15, 0.2) is 0 Å². The zero-order valence-electron chi connectivity index (χ0n) is 18.5. The maximum atomic E-state index is 13.0. The standard InChI is InChI=1S/C25H31N3O2S/c1-4-6-7-10-19(21-11-8-9-12-22(21)29)16-27-24(30)23-17(3)28-25(31-23)18-13-14-26-20(5-2)15-18/h8-9,11-15,19,29H,4-7,10,16H2,1-3H3,(H,27,30). The van der Waals surface area contributed by atoms with E-state index >= 15 is 0 Å². The van der Waals surface area contributed by atoms with Crippen LogP contribution in [0.3, 0.4) is 0 Å². The molecular formula is C25H31N3O2S. The van der Waals surface area contributed by atoms with E-state index in [0.29, 0.717) is 17.2 Å². The van der Waals surface area contributed by atoms with Gasteiger partial charge in [-0.1, -0.05) is 51.3 Å². The van der Waals surface area contributed by atoms with Crippen molar-refractivity contribution >= 4 is 17.2 Å². The van der Waals surface area contributed by atoms with Gasteiger partial charge in [-0.05, 0) is 43.5 Å². The second kappa shape index (κ2) is 11.0. The SMILES string of the molecule is CCCCCC(CNC(=O)c1sc(-c2ccnc(CC)c2)nc1C)c1ccccc1O. The normalized spacial score (nSPS) is 12.0. The van der Waals surface area contributed by atoms with Crippen molar-refractivity contribution in [2.45, 2.75) is 58.8 Å². The maximum Gasteiger partial charge on any atom is 0.263 e. The molecule has 0 spiro atoms. The predicted molar refractivity (Wildman–Crippen MR) is 127 cm³/mol. The summed E-state index contributed by atoms with van der Waals surface area (Å²) in [6.07, 6.45) is 6.92. The lowest BCUT2D eigenvalue weighted by Crippen LogP contribution is -2.28. The molecule has 0 aliphatic heterocycles. The van der Waals surface area contributed by atoms with Crippen molar-refractivity contribution in [3.05, 3.63) is 64.4 Å². The molecule has 1 amide bonds. The number of aromatic nitrogens is 2. The van der Waals surface area contributed by atoms with Crippen LogP contribution in [0.1, 0.15) is 72.1 Å². The Balaban J connectivity index is 1.73. The number of phenolic OH excluding ortho intramolecular Hbond substituents is 1. The van der Waals surface area contributed by atoms with E-state index in [0.717, 1.165) is 59.6 Å². The van der Waals surface area contributed by atoms with Gasteiger partial charge in [0.2, 0.25) is 0 Å². The fourth-order valence-corrected chi connectivity index (χ4v) is 4.65. The summed E-state index contributed by atoms with van der Waals surface area (Å²) in [7, 11) is 0. The number of carbonyl (C=O) groups excluding carboxylic acids is 1. The number of unbranched alkanes of at least 4 members (excludes halogenated alkanes) is 2. The van der Waals surface area contributed by atoms with Gasteiger partial charge in [0, 0.05) is 29.9 Å². The van der Waals surface area contributed by atoms with E-state index in [9.17, 15) is 9.90 Å². The Labute approximate surface area is 188 Å². The smallest absolute Gasteiger partial charge is 0.263 e. The second-order valence-corrected chi connectivity index (χ2v) is 8.78. The van der Waals surface area contributed by atoms with Crippen LogP contribution >= 0.6 is 11.3 Å². The molecule has 2 aromatic heterocycles. The van der Waals surface area contributed by atoms with Crippen LogP contribution in [0.15, 0.2) is 42.6 Å². The Morgan fingerprint density at radius 2 is 2.00 bits per heavy atom. The van der Waals surface area contributed by atoms with E-state index < -0.39 is 0 Å². The Morgan fingerprint density at radius 3 is 2.74 bits per heavy atom. The molecule has 1 atom stereocenters. The molecule has 6 heteroatoms. The summed E-state index contributed by atoms with van der Waals surface area (Å²) in [6, 6.07) is 11.4. The van der Waals surface area contributed by atoms with Crippen LogP contribution in [0.25, 0.3) is 10.6 Å². The van der Waals surface area contributed by atoms with Crippen molar-refractivity contribution in [1.82, 2.24) is 15.3 Å². The number of benzene rings is 1. The van der Waals surface area contributed by atoms with Crippen molar-refractivity contribution in [3.63, 3.8) is 0 Å². The van der Waals surface area contributed by atoms with E-state index in [-0.39, 0.29) is 11.8 Å². The molecule has 3 aromatic rings. The molecule has 1 aromatic carbocycles. The number of aryl methyl sites for hydroxylation is 2. The first-order valence-corrected chi connectivity index (χ1v) is 11.8. The van der Waals surface area contributed by atoms with Crippen LogP contribution < -0.4 is 5.32 Å². The lowest BCUT2D eigenvalue weighted by atomic mass is 9.92. The zero-order valence-corrected chi connectivity index (χ0v) is 19.3. The van der Waals surface area contributed by atoms with Crippen molar-refractivity contribution < 1.29 is 9.90 Å². The number of aromatic hydroxyl groups is 1. The number of rotatable bonds is 10. The van der Waals surface area contributed by atoms with Crippen molar-refractivity contribution in [2.75, 3.05) is 6.54 Å². The zero-order chi connectivity index (χ0) is 22.2. The highest BCUT2D eigenvalue weighted by molar-refractivity contribution is 7.17. The minimum atomic E-state index is -0.109. The quantitative estimate of drug-likeness (QED) is 0.389. The predicted octanol–water partition coefficient (Wildman–Crippen LogP) is 5.88. The number of amides is 1. The van der Waals surface area contributed by atoms with E-state index in [2.05, 4.69) is 29.1 Å². The Hall–Kier alpha value is -2.73. The molecule has 2 heterocycles. The third kappa shape index (κ3) is 5.91. The Kier molecular flexibility index (Phi) is 8.18. The number of phenols is 1. The summed E-state index contributed by atoms with van der Waals surface area (Å²) >= 11 is 1.41. The molecule has 2 N–H and O–H groups in total. The highest BCUT2D eigenvalue weighted by Gasteiger charge is 2.20. The first-order valence-electron chi connectivity index (χ1n) is 11.0. The van der Waals surface area contributed by atoms with Crippen LogP contribution in [0.5, 0.6) is 5.75 Å². The molecule has 0 radical (unpaired) electrons. The summed E-state index contributed by atoms with van der Waals surface area (Å²) in [4.78, 5) is 22.6. The molecule has 5 nitrogen and oxygen atoms in total. The number of nitrogens with zero attached hydrogens (tertiary/aromatic N) is 2. The minimum Gasteiger partial charge on any atom is -0.508 e. The van der Waals surface area contributed by atoms with E-state index in [1.54, 1.807) is 12.3 Å². The van der Waals surface area contributed by atoms with Gasteiger partial charge in [-0.2, -0.15) is 0 Å². The van der Waals surface area contributed by atoms with Gasteiger partial charge >= 0.3 is 0 Å². The number of hydrogen-bond acceptors (Lipinski definition) is 5. The first kappa shape index (κ1) is 22.9. The number of carbonyl (C=O) groups is 1. The molecule has 0 saturated heterocycles. The molecular weight excluding hydrogens is 406 g/mol. The van der Waals surface area contributed by atoms with Gasteiger partial charge in [0.05, 0.1) is 5.69 Å². The molecule has 164 valence electrons. The summed E-state index contributed by atoms with van der Waals surface area (Å²) in [5.41, 5.74) is 3.63. The van der Waals surface area contributed by atoms with Crippen LogP contribution in [-0.4, -0.2) is 27.5 Å². The topological polar surface area (TPSA) is 75.1 Å². The van der Waals surface area contributed by atoms with Gasteiger partial charge in [0.25, 0.3) is 5.91 Å². The van der Waals surface area contributed by atoms with Gasteiger partial charge in [-0.15, -0.1) is 11.3 Å². The number of hydrogen-bond donors (Lipinski definition) is 2. The third-order valence-electron chi connectivity index (χ3n) is 5.47. The lowest BCUT2D eigenvalue weighted by Gasteiger charge is -2.19. The Morgan fingerprint density at radius 1 is 1.19 bits per heavy atom. The molecule has 3 rings (SSSR count). The van der Waals surface area contributed by atoms with Crippen LogP contribution in [0.2, 0.25) is 0 Å². The number of para-hydroxylation sites is 1. The molecule has 1 unspecified atom stereocenters. The average Bonchev–Trinajstić information content (AvgIpc) is 3.18. The van der Waals surface area contributed by atoms with Crippen LogP contribution in [0.4, 0.5) is 0 Å². The third-order valence-corrected chi connectivity index (χ3v) is 6.68. The fraction of sp³-hybridized carbons (Fsp3) is 0.400. The second-order valence-electron chi connectivity index (χ2n) is 7.78. The van der Waals surface area contributed by atoms with E-state index in [1.807, 2.05) is 37.3 Å². The largest absolute Gasteiger partial charge is 0.508 e. The monoisotopic (exact) mass is 437 g/mol. The molecule has 0 aliphatic rings. The molecule has 0 aliphatic carbocycles. The summed E-state index contributed by atoms with van der Waals surface area (Å²) < 4.78 is 0.